The first kappa shape index (κ1) is 15.7. The fourth-order valence-corrected chi connectivity index (χ4v) is 3.36. The van der Waals surface area contributed by atoms with E-state index in [2.05, 4.69) is 41.1 Å². The maximum atomic E-state index is 12.8. The average Bonchev–Trinajstić information content (AvgIpc) is 3.05. The van der Waals surface area contributed by atoms with Gasteiger partial charge in [-0.25, -0.2) is 4.98 Å². The van der Waals surface area contributed by atoms with Crippen LogP contribution in [0.3, 0.4) is 0 Å². The van der Waals surface area contributed by atoms with Crippen LogP contribution in [0.2, 0.25) is 0 Å². The second kappa shape index (κ2) is 6.24. The first-order valence-corrected chi connectivity index (χ1v) is 8.59. The normalized spacial score (nSPS) is 15.0. The van der Waals surface area contributed by atoms with Crippen LogP contribution in [0.15, 0.2) is 46.9 Å². The molecule has 1 amide bonds. The van der Waals surface area contributed by atoms with E-state index in [1.807, 2.05) is 24.0 Å². The highest BCUT2D eigenvalue weighted by atomic mass is 16.3. The number of nitrogens with zero attached hydrogens (tertiary/aromatic N) is 3. The van der Waals surface area contributed by atoms with Gasteiger partial charge in [0.05, 0.1) is 0 Å². The fraction of sp³-hybridized carbons (Fsp3) is 0.300. The predicted molar refractivity (Wildman–Crippen MR) is 98.0 cm³/mol. The summed E-state index contributed by atoms with van der Waals surface area (Å²) in [6.45, 7) is 7.09. The summed E-state index contributed by atoms with van der Waals surface area (Å²) in [5.41, 5.74) is 4.83. The topological polar surface area (TPSA) is 49.6 Å². The van der Waals surface area contributed by atoms with Crippen LogP contribution in [0.1, 0.15) is 21.8 Å². The summed E-state index contributed by atoms with van der Waals surface area (Å²) < 4.78 is 5.70. The molecule has 25 heavy (non-hydrogen) atoms. The minimum Gasteiger partial charge on any atom is -0.449 e. The molecule has 0 spiro atoms. The largest absolute Gasteiger partial charge is 0.449 e. The minimum atomic E-state index is -0.0555. The van der Waals surface area contributed by atoms with Crippen molar-refractivity contribution in [2.75, 3.05) is 31.1 Å². The molecule has 0 aliphatic carbocycles. The Labute approximate surface area is 146 Å². The van der Waals surface area contributed by atoms with Crippen molar-refractivity contribution in [3.63, 3.8) is 0 Å². The molecule has 3 heterocycles. The van der Waals surface area contributed by atoms with Gasteiger partial charge in [-0.3, -0.25) is 4.79 Å². The second-order valence-electron chi connectivity index (χ2n) is 6.51. The lowest BCUT2D eigenvalue weighted by molar-refractivity contribution is 0.0717. The number of aryl methyl sites for hydroxylation is 2. The van der Waals surface area contributed by atoms with Gasteiger partial charge in [-0.1, -0.05) is 18.2 Å². The van der Waals surface area contributed by atoms with Crippen molar-refractivity contribution in [3.05, 3.63) is 59.5 Å². The Bertz CT molecular complexity index is 924. The SMILES string of the molecule is Cc1ccc2oc(C(=O)N3CCN(c4ccccc4C)CC3)cc2n1. The van der Waals surface area contributed by atoms with E-state index in [0.29, 0.717) is 24.4 Å². The lowest BCUT2D eigenvalue weighted by atomic mass is 10.1. The van der Waals surface area contributed by atoms with Crippen molar-refractivity contribution in [1.29, 1.82) is 0 Å². The molecule has 128 valence electrons. The number of fused-ring (bicyclic) bond motifs is 1. The molecule has 0 unspecified atom stereocenters. The van der Waals surface area contributed by atoms with E-state index in [9.17, 15) is 4.79 Å². The number of piperazine rings is 1. The molecule has 1 fully saturated rings. The summed E-state index contributed by atoms with van der Waals surface area (Å²) in [4.78, 5) is 21.4. The number of anilines is 1. The van der Waals surface area contributed by atoms with E-state index in [4.69, 9.17) is 4.42 Å². The van der Waals surface area contributed by atoms with Gasteiger partial charge in [-0.15, -0.1) is 0 Å². The summed E-state index contributed by atoms with van der Waals surface area (Å²) in [5.74, 6) is 0.317. The van der Waals surface area contributed by atoms with Crippen LogP contribution in [-0.2, 0) is 0 Å². The number of hydrogen-bond acceptors (Lipinski definition) is 4. The number of furan rings is 1. The molecule has 0 bridgehead atoms. The zero-order valence-corrected chi connectivity index (χ0v) is 14.5. The zero-order chi connectivity index (χ0) is 17.4. The third kappa shape index (κ3) is 2.97. The van der Waals surface area contributed by atoms with E-state index < -0.39 is 0 Å². The highest BCUT2D eigenvalue weighted by molar-refractivity contribution is 5.95. The zero-order valence-electron chi connectivity index (χ0n) is 14.5. The van der Waals surface area contributed by atoms with Gasteiger partial charge in [0.25, 0.3) is 5.91 Å². The smallest absolute Gasteiger partial charge is 0.289 e. The van der Waals surface area contributed by atoms with E-state index in [1.54, 1.807) is 6.07 Å². The Morgan fingerprint density at radius 2 is 1.80 bits per heavy atom. The number of hydrogen-bond donors (Lipinski definition) is 0. The van der Waals surface area contributed by atoms with Crippen LogP contribution in [0.5, 0.6) is 0 Å². The lowest BCUT2D eigenvalue weighted by Crippen LogP contribution is -2.48. The Kier molecular flexibility index (Phi) is 3.92. The molecule has 5 heteroatoms. The van der Waals surface area contributed by atoms with Crippen LogP contribution < -0.4 is 4.90 Å². The Hall–Kier alpha value is -2.82. The molecule has 1 aliphatic rings. The fourth-order valence-electron chi connectivity index (χ4n) is 3.36. The van der Waals surface area contributed by atoms with Gasteiger partial charge in [-0.05, 0) is 37.6 Å². The van der Waals surface area contributed by atoms with E-state index in [1.165, 1.54) is 11.3 Å². The highest BCUT2D eigenvalue weighted by Crippen LogP contribution is 2.23. The minimum absolute atomic E-state index is 0.0555. The monoisotopic (exact) mass is 335 g/mol. The van der Waals surface area contributed by atoms with E-state index in [0.717, 1.165) is 24.3 Å². The summed E-state index contributed by atoms with van der Waals surface area (Å²) in [6, 6.07) is 13.9. The third-order valence-electron chi connectivity index (χ3n) is 4.75. The quantitative estimate of drug-likeness (QED) is 0.720. The first-order chi connectivity index (χ1) is 12.1. The predicted octanol–water partition coefficient (Wildman–Crippen LogP) is 3.41. The summed E-state index contributed by atoms with van der Waals surface area (Å²) >= 11 is 0. The Balaban J connectivity index is 1.48. The molecular formula is C20H21N3O2. The lowest BCUT2D eigenvalue weighted by Gasteiger charge is -2.36. The van der Waals surface area contributed by atoms with Crippen LogP contribution in [0.25, 0.3) is 11.1 Å². The van der Waals surface area contributed by atoms with Crippen molar-refractivity contribution in [3.8, 4) is 0 Å². The molecule has 1 aromatic carbocycles. The number of aromatic nitrogens is 1. The van der Waals surface area contributed by atoms with Gasteiger partial charge in [0, 0.05) is 43.6 Å². The molecule has 2 aromatic heterocycles. The summed E-state index contributed by atoms with van der Waals surface area (Å²) in [7, 11) is 0. The molecule has 5 nitrogen and oxygen atoms in total. The van der Waals surface area contributed by atoms with E-state index in [-0.39, 0.29) is 5.91 Å². The Morgan fingerprint density at radius 3 is 2.56 bits per heavy atom. The third-order valence-corrected chi connectivity index (χ3v) is 4.75. The van der Waals surface area contributed by atoms with Crippen molar-refractivity contribution in [2.24, 2.45) is 0 Å². The molecule has 0 atom stereocenters. The molecular weight excluding hydrogens is 314 g/mol. The van der Waals surface area contributed by atoms with Gasteiger partial charge >= 0.3 is 0 Å². The molecule has 0 saturated carbocycles. The summed E-state index contributed by atoms with van der Waals surface area (Å²) in [6.07, 6.45) is 0. The van der Waals surface area contributed by atoms with Crippen molar-refractivity contribution in [1.82, 2.24) is 9.88 Å². The maximum Gasteiger partial charge on any atom is 0.289 e. The molecule has 4 rings (SSSR count). The molecule has 1 saturated heterocycles. The van der Waals surface area contributed by atoms with Crippen molar-refractivity contribution < 1.29 is 9.21 Å². The number of para-hydroxylation sites is 1. The Morgan fingerprint density at radius 1 is 1.04 bits per heavy atom. The number of benzene rings is 1. The van der Waals surface area contributed by atoms with Crippen LogP contribution in [0.4, 0.5) is 5.69 Å². The number of pyridine rings is 1. The number of rotatable bonds is 2. The number of carbonyl (C=O) groups excluding carboxylic acids is 1. The first-order valence-electron chi connectivity index (χ1n) is 8.59. The van der Waals surface area contributed by atoms with Gasteiger partial charge in [0.2, 0.25) is 0 Å². The van der Waals surface area contributed by atoms with Crippen LogP contribution >= 0.6 is 0 Å². The van der Waals surface area contributed by atoms with Crippen LogP contribution in [0, 0.1) is 13.8 Å². The molecule has 0 N–H and O–H groups in total. The summed E-state index contributed by atoms with van der Waals surface area (Å²) in [5, 5.41) is 0. The van der Waals surface area contributed by atoms with Gasteiger partial charge in [-0.2, -0.15) is 0 Å². The standard InChI is InChI=1S/C20H21N3O2/c1-14-5-3-4-6-17(14)22-9-11-23(12-10-22)20(24)19-13-16-18(25-19)8-7-15(2)21-16/h3-8,13H,9-12H2,1-2H3. The molecule has 3 aromatic rings. The molecule has 1 aliphatic heterocycles. The highest BCUT2D eigenvalue weighted by Gasteiger charge is 2.25. The van der Waals surface area contributed by atoms with Gasteiger partial charge in [0.1, 0.15) is 5.52 Å². The second-order valence-corrected chi connectivity index (χ2v) is 6.51. The van der Waals surface area contributed by atoms with E-state index >= 15 is 0 Å². The molecule has 0 radical (unpaired) electrons. The van der Waals surface area contributed by atoms with Crippen molar-refractivity contribution in [2.45, 2.75) is 13.8 Å². The average molecular weight is 335 g/mol. The van der Waals surface area contributed by atoms with Crippen LogP contribution in [-0.4, -0.2) is 42.0 Å². The van der Waals surface area contributed by atoms with Gasteiger partial charge in [0.15, 0.2) is 11.3 Å². The number of amides is 1. The maximum absolute atomic E-state index is 12.8. The van der Waals surface area contributed by atoms with Crippen molar-refractivity contribution >= 4 is 22.7 Å². The van der Waals surface area contributed by atoms with Gasteiger partial charge < -0.3 is 14.2 Å². The number of carbonyl (C=O) groups is 1.